The van der Waals surface area contributed by atoms with Gasteiger partial charge in [-0.3, -0.25) is 4.79 Å². The first-order valence-electron chi connectivity index (χ1n) is 8.18. The number of carbonyl (C=O) groups is 1. The van der Waals surface area contributed by atoms with Gasteiger partial charge in [0.1, 0.15) is 5.75 Å². The second kappa shape index (κ2) is 8.36. The van der Waals surface area contributed by atoms with Crippen molar-refractivity contribution in [3.8, 4) is 5.75 Å². The molecule has 26 heavy (non-hydrogen) atoms. The molecule has 4 nitrogen and oxygen atoms in total. The van der Waals surface area contributed by atoms with Gasteiger partial charge in [0.15, 0.2) is 0 Å². The maximum Gasteiger partial charge on any atom is 0.387 e. The Hall–Kier alpha value is -2.34. The first kappa shape index (κ1) is 20.0. The average Bonchev–Trinajstić information content (AvgIpc) is 2.56. The lowest BCUT2D eigenvalue weighted by Gasteiger charge is -2.27. The Morgan fingerprint density at radius 2 is 2.04 bits per heavy atom. The van der Waals surface area contributed by atoms with Crippen molar-refractivity contribution in [3.05, 3.63) is 58.7 Å². The lowest BCUT2D eigenvalue weighted by molar-refractivity contribution is -0.0499. The van der Waals surface area contributed by atoms with E-state index in [0.717, 1.165) is 36.0 Å². The molecule has 1 aliphatic carbocycles. The van der Waals surface area contributed by atoms with Crippen molar-refractivity contribution in [1.29, 1.82) is 0 Å². The van der Waals surface area contributed by atoms with Crippen molar-refractivity contribution >= 4 is 24.0 Å². The van der Waals surface area contributed by atoms with Gasteiger partial charge in [-0.15, -0.1) is 12.4 Å². The minimum Gasteiger partial charge on any atom is -0.435 e. The molecule has 1 amide bonds. The molecule has 140 valence electrons. The van der Waals surface area contributed by atoms with Crippen molar-refractivity contribution in [2.24, 2.45) is 0 Å². The molecule has 2 aromatic carbocycles. The average molecular weight is 383 g/mol. The number of nitrogen functional groups attached to an aromatic ring is 1. The third kappa shape index (κ3) is 4.43. The summed E-state index contributed by atoms with van der Waals surface area (Å²) in [7, 11) is 0. The number of rotatable bonds is 4. The second-order valence-electron chi connectivity index (χ2n) is 6.23. The summed E-state index contributed by atoms with van der Waals surface area (Å²) in [4.78, 5) is 12.6. The molecule has 0 saturated heterocycles. The van der Waals surface area contributed by atoms with Gasteiger partial charge in [0.25, 0.3) is 5.91 Å². The molecule has 3 rings (SSSR count). The molecular formula is C19H21ClF2N2O2. The zero-order valence-electron chi connectivity index (χ0n) is 14.3. The lowest BCUT2D eigenvalue weighted by Crippen LogP contribution is -2.31. The number of fused-ring (bicyclic) bond motifs is 1. The van der Waals surface area contributed by atoms with Crippen LogP contribution in [0.4, 0.5) is 14.5 Å². The van der Waals surface area contributed by atoms with Crippen LogP contribution in [-0.2, 0) is 6.42 Å². The number of carbonyl (C=O) groups excluding carboxylic acids is 1. The molecule has 0 heterocycles. The maximum absolute atomic E-state index is 12.6. The quantitative estimate of drug-likeness (QED) is 0.770. The summed E-state index contributed by atoms with van der Waals surface area (Å²) in [5.41, 5.74) is 9.59. The van der Waals surface area contributed by atoms with Crippen LogP contribution in [0.2, 0.25) is 0 Å². The van der Waals surface area contributed by atoms with E-state index in [2.05, 4.69) is 10.1 Å². The Morgan fingerprint density at radius 3 is 2.77 bits per heavy atom. The van der Waals surface area contributed by atoms with Gasteiger partial charge in [0.05, 0.1) is 6.04 Å². The zero-order valence-corrected chi connectivity index (χ0v) is 15.1. The Balaban J connectivity index is 0.00000243. The zero-order chi connectivity index (χ0) is 18.0. The van der Waals surface area contributed by atoms with Gasteiger partial charge < -0.3 is 15.8 Å². The number of amides is 1. The summed E-state index contributed by atoms with van der Waals surface area (Å²) >= 11 is 0. The molecule has 1 unspecified atom stereocenters. The van der Waals surface area contributed by atoms with Gasteiger partial charge in [0.2, 0.25) is 0 Å². The van der Waals surface area contributed by atoms with Crippen LogP contribution in [-0.4, -0.2) is 12.5 Å². The van der Waals surface area contributed by atoms with Gasteiger partial charge in [-0.25, -0.2) is 0 Å². The summed E-state index contributed by atoms with van der Waals surface area (Å²) in [5.74, 6) is -0.0389. The number of halogens is 3. The Morgan fingerprint density at radius 1 is 1.27 bits per heavy atom. The van der Waals surface area contributed by atoms with Crippen LogP contribution in [0.15, 0.2) is 36.4 Å². The fourth-order valence-electron chi connectivity index (χ4n) is 3.24. The van der Waals surface area contributed by atoms with E-state index in [1.807, 2.05) is 13.0 Å². The Bertz CT molecular complexity index is 799. The molecular weight excluding hydrogens is 362 g/mol. The van der Waals surface area contributed by atoms with Crippen molar-refractivity contribution < 1.29 is 18.3 Å². The lowest BCUT2D eigenvalue weighted by atomic mass is 9.87. The van der Waals surface area contributed by atoms with Gasteiger partial charge in [0, 0.05) is 11.3 Å². The molecule has 0 aromatic heterocycles. The molecule has 1 atom stereocenters. The van der Waals surface area contributed by atoms with Gasteiger partial charge in [-0.05, 0) is 67.1 Å². The number of anilines is 1. The molecule has 0 fully saturated rings. The van der Waals surface area contributed by atoms with Crippen LogP contribution >= 0.6 is 12.4 Å². The van der Waals surface area contributed by atoms with E-state index in [9.17, 15) is 13.6 Å². The van der Waals surface area contributed by atoms with Gasteiger partial charge in [-0.1, -0.05) is 12.1 Å². The number of aryl methyl sites for hydroxylation is 2. The third-order valence-corrected chi connectivity index (χ3v) is 4.47. The summed E-state index contributed by atoms with van der Waals surface area (Å²) in [6.45, 7) is -0.986. The number of nitrogens with one attached hydrogen (secondary N) is 1. The van der Waals surface area contributed by atoms with Crippen LogP contribution < -0.4 is 15.8 Å². The van der Waals surface area contributed by atoms with Crippen molar-refractivity contribution in [1.82, 2.24) is 5.32 Å². The van der Waals surface area contributed by atoms with Crippen molar-refractivity contribution in [2.45, 2.75) is 38.8 Å². The molecule has 0 radical (unpaired) electrons. The Kier molecular flexibility index (Phi) is 6.42. The van der Waals surface area contributed by atoms with E-state index in [0.29, 0.717) is 11.3 Å². The number of hydrogen-bond acceptors (Lipinski definition) is 3. The summed E-state index contributed by atoms with van der Waals surface area (Å²) in [6, 6.07) is 9.97. The highest BCUT2D eigenvalue weighted by molar-refractivity contribution is 5.96. The van der Waals surface area contributed by atoms with Crippen molar-refractivity contribution in [3.63, 3.8) is 0 Å². The standard InChI is InChI=1S/C19H20F2N2O2.ClH/c1-11-5-6-13(22)10-16(11)18(24)23-17-4-2-3-12-9-14(25-19(20)21)7-8-15(12)17;/h5-10,17,19H,2-4,22H2,1H3,(H,23,24);1H. The van der Waals surface area contributed by atoms with E-state index in [1.165, 1.54) is 6.07 Å². The molecule has 0 spiro atoms. The molecule has 0 saturated carbocycles. The fourth-order valence-corrected chi connectivity index (χ4v) is 3.24. The molecule has 2 aromatic rings. The van der Waals surface area contributed by atoms with Crippen LogP contribution in [0.3, 0.4) is 0 Å². The normalized spacial score (nSPS) is 15.8. The smallest absolute Gasteiger partial charge is 0.387 e. The predicted molar refractivity (Wildman–Crippen MR) is 99.1 cm³/mol. The minimum atomic E-state index is -2.84. The van der Waals surface area contributed by atoms with Crippen LogP contribution in [0, 0.1) is 6.92 Å². The van der Waals surface area contributed by atoms with Crippen LogP contribution in [0.1, 0.15) is 45.9 Å². The van der Waals surface area contributed by atoms with Gasteiger partial charge in [-0.2, -0.15) is 8.78 Å². The highest BCUT2D eigenvalue weighted by Crippen LogP contribution is 2.33. The monoisotopic (exact) mass is 382 g/mol. The second-order valence-corrected chi connectivity index (χ2v) is 6.23. The predicted octanol–water partition coefficient (Wildman–Crippen LogP) is 4.41. The number of hydrogen-bond donors (Lipinski definition) is 2. The first-order chi connectivity index (χ1) is 11.9. The summed E-state index contributed by atoms with van der Waals surface area (Å²) in [5, 5.41) is 3.04. The highest BCUT2D eigenvalue weighted by Gasteiger charge is 2.23. The molecule has 3 N–H and O–H groups in total. The minimum absolute atomic E-state index is 0. The largest absolute Gasteiger partial charge is 0.435 e. The number of benzene rings is 2. The maximum atomic E-state index is 12.6. The van der Waals surface area contributed by atoms with E-state index in [4.69, 9.17) is 5.73 Å². The summed E-state index contributed by atoms with van der Waals surface area (Å²) < 4.78 is 29.2. The topological polar surface area (TPSA) is 64.4 Å². The van der Waals surface area contributed by atoms with Gasteiger partial charge >= 0.3 is 6.61 Å². The number of alkyl halides is 2. The molecule has 0 aliphatic heterocycles. The van der Waals surface area contributed by atoms with E-state index >= 15 is 0 Å². The van der Waals surface area contributed by atoms with Crippen LogP contribution in [0.5, 0.6) is 5.75 Å². The van der Waals surface area contributed by atoms with E-state index < -0.39 is 6.61 Å². The fraction of sp³-hybridized carbons (Fsp3) is 0.316. The SMILES string of the molecule is Cc1ccc(N)cc1C(=O)NC1CCCc2cc(OC(F)F)ccc21.Cl. The Labute approximate surface area is 157 Å². The van der Waals surface area contributed by atoms with Crippen LogP contribution in [0.25, 0.3) is 0 Å². The molecule has 7 heteroatoms. The van der Waals surface area contributed by atoms with E-state index in [1.54, 1.807) is 24.3 Å². The highest BCUT2D eigenvalue weighted by atomic mass is 35.5. The third-order valence-electron chi connectivity index (χ3n) is 4.47. The van der Waals surface area contributed by atoms with E-state index in [-0.39, 0.29) is 30.1 Å². The number of ether oxygens (including phenoxy) is 1. The summed E-state index contributed by atoms with van der Waals surface area (Å²) in [6.07, 6.45) is 2.45. The van der Waals surface area contributed by atoms with Crippen molar-refractivity contribution in [2.75, 3.05) is 5.73 Å². The molecule has 0 bridgehead atoms. The molecule has 1 aliphatic rings. The number of nitrogens with two attached hydrogens (primary N) is 1. The first-order valence-corrected chi connectivity index (χ1v) is 8.18.